The summed E-state index contributed by atoms with van der Waals surface area (Å²) in [6, 6.07) is 9.11. The van der Waals surface area contributed by atoms with E-state index in [-0.39, 0.29) is 11.3 Å². The average molecular weight is 422 g/mol. The normalized spacial score (nSPS) is 16.8. The molecule has 3 rings (SSSR count). The smallest absolute Gasteiger partial charge is 0.319 e. The van der Waals surface area contributed by atoms with E-state index in [1.54, 1.807) is 25.1 Å². The first kappa shape index (κ1) is 18.1. The van der Waals surface area contributed by atoms with Gasteiger partial charge in [-0.2, -0.15) is 0 Å². The van der Waals surface area contributed by atoms with E-state index < -0.39 is 29.6 Å². The molecule has 134 valence electrons. The van der Waals surface area contributed by atoms with Crippen LogP contribution in [0.4, 0.5) is 19.3 Å². The van der Waals surface area contributed by atoms with Gasteiger partial charge in [-0.3, -0.25) is 4.79 Å². The highest BCUT2D eigenvalue weighted by molar-refractivity contribution is 9.10. The van der Waals surface area contributed by atoms with Crippen LogP contribution in [0.5, 0.6) is 0 Å². The maximum Gasteiger partial charge on any atom is 0.319 e. The van der Waals surface area contributed by atoms with Crippen LogP contribution in [-0.4, -0.2) is 11.9 Å². The summed E-state index contributed by atoms with van der Waals surface area (Å²) < 4.78 is 27.2. The molecule has 0 saturated heterocycles. The van der Waals surface area contributed by atoms with Gasteiger partial charge >= 0.3 is 6.03 Å². The standard InChI is InChI=1S/C18H14BrF2N3O2/c1-9-15(17(25)23-10-6-7-13(20)14(21)8-10)16(24-18(26)22-9)11-4-2-3-5-12(11)19/h2-8,16H,1H3,(H,23,25)(H2,22,24,26). The molecule has 0 bridgehead atoms. The molecule has 0 saturated carbocycles. The van der Waals surface area contributed by atoms with Gasteiger partial charge in [0.2, 0.25) is 0 Å². The monoisotopic (exact) mass is 421 g/mol. The molecule has 1 heterocycles. The fourth-order valence-electron chi connectivity index (χ4n) is 2.71. The molecule has 1 aliphatic heterocycles. The Kier molecular flexibility index (Phi) is 5.03. The third-order valence-corrected chi connectivity index (χ3v) is 4.63. The molecule has 0 aliphatic carbocycles. The van der Waals surface area contributed by atoms with Crippen LogP contribution in [0.2, 0.25) is 0 Å². The first-order valence-electron chi connectivity index (χ1n) is 7.66. The second-order valence-corrected chi connectivity index (χ2v) is 6.53. The van der Waals surface area contributed by atoms with Gasteiger partial charge in [-0.05, 0) is 30.7 Å². The maximum absolute atomic E-state index is 13.4. The fraction of sp³-hybridized carbons (Fsp3) is 0.111. The average Bonchev–Trinajstić information content (AvgIpc) is 2.57. The molecule has 8 heteroatoms. The summed E-state index contributed by atoms with van der Waals surface area (Å²) in [5, 5.41) is 7.80. The summed E-state index contributed by atoms with van der Waals surface area (Å²) in [5.41, 5.74) is 1.44. The van der Waals surface area contributed by atoms with E-state index in [1.165, 1.54) is 6.07 Å². The number of hydrogen-bond acceptors (Lipinski definition) is 2. The number of rotatable bonds is 3. The number of carbonyl (C=O) groups is 2. The predicted molar refractivity (Wildman–Crippen MR) is 96.2 cm³/mol. The van der Waals surface area contributed by atoms with Crippen molar-refractivity contribution >= 4 is 33.6 Å². The van der Waals surface area contributed by atoms with E-state index in [1.807, 2.05) is 6.07 Å². The van der Waals surface area contributed by atoms with Crippen molar-refractivity contribution in [1.29, 1.82) is 0 Å². The molecule has 0 fully saturated rings. The molecule has 0 aromatic heterocycles. The van der Waals surface area contributed by atoms with Gasteiger partial charge < -0.3 is 16.0 Å². The lowest BCUT2D eigenvalue weighted by Crippen LogP contribution is -2.46. The minimum absolute atomic E-state index is 0.108. The Bertz CT molecular complexity index is 930. The minimum atomic E-state index is -1.06. The van der Waals surface area contributed by atoms with Gasteiger partial charge in [0.25, 0.3) is 5.91 Å². The zero-order chi connectivity index (χ0) is 18.8. The van der Waals surface area contributed by atoms with Crippen LogP contribution < -0.4 is 16.0 Å². The number of benzene rings is 2. The Morgan fingerprint density at radius 3 is 2.58 bits per heavy atom. The number of carbonyl (C=O) groups excluding carboxylic acids is 2. The highest BCUT2D eigenvalue weighted by Gasteiger charge is 2.32. The van der Waals surface area contributed by atoms with Gasteiger partial charge in [0.15, 0.2) is 11.6 Å². The van der Waals surface area contributed by atoms with Gasteiger partial charge in [0.1, 0.15) is 0 Å². The van der Waals surface area contributed by atoms with Gasteiger partial charge in [-0.25, -0.2) is 13.6 Å². The van der Waals surface area contributed by atoms with Crippen LogP contribution in [0.3, 0.4) is 0 Å². The second kappa shape index (κ2) is 7.25. The number of amides is 3. The lowest BCUT2D eigenvalue weighted by Gasteiger charge is -2.29. The summed E-state index contributed by atoms with van der Waals surface area (Å²) in [4.78, 5) is 24.7. The highest BCUT2D eigenvalue weighted by Crippen LogP contribution is 2.32. The summed E-state index contributed by atoms with van der Waals surface area (Å²) in [6.45, 7) is 1.60. The second-order valence-electron chi connectivity index (χ2n) is 5.67. The predicted octanol–water partition coefficient (Wildman–Crippen LogP) is 3.99. The zero-order valence-corrected chi connectivity index (χ0v) is 15.2. The van der Waals surface area contributed by atoms with Crippen LogP contribution in [0.1, 0.15) is 18.5 Å². The Labute approximate surface area is 156 Å². The number of nitrogens with one attached hydrogen (secondary N) is 3. The molecule has 1 aliphatic rings. The summed E-state index contributed by atoms with van der Waals surface area (Å²) in [5.74, 6) is -2.61. The Hall–Kier alpha value is -2.74. The number of urea groups is 1. The number of hydrogen-bond donors (Lipinski definition) is 3. The van der Waals surface area contributed by atoms with Crippen molar-refractivity contribution in [2.75, 3.05) is 5.32 Å². The SMILES string of the molecule is CC1=C(C(=O)Nc2ccc(F)c(F)c2)C(c2ccccc2Br)NC(=O)N1. The van der Waals surface area contributed by atoms with Crippen molar-refractivity contribution in [3.05, 3.63) is 75.4 Å². The van der Waals surface area contributed by atoms with E-state index in [4.69, 9.17) is 0 Å². The Morgan fingerprint density at radius 2 is 1.88 bits per heavy atom. The van der Waals surface area contributed by atoms with Gasteiger partial charge in [0.05, 0.1) is 11.6 Å². The van der Waals surface area contributed by atoms with E-state index in [2.05, 4.69) is 31.9 Å². The van der Waals surface area contributed by atoms with Gasteiger partial charge in [-0.1, -0.05) is 34.1 Å². The van der Waals surface area contributed by atoms with Crippen molar-refractivity contribution in [2.24, 2.45) is 0 Å². The van der Waals surface area contributed by atoms with Crippen molar-refractivity contribution < 1.29 is 18.4 Å². The number of allylic oxidation sites excluding steroid dienone is 1. The van der Waals surface area contributed by atoms with E-state index >= 15 is 0 Å². The van der Waals surface area contributed by atoms with Crippen molar-refractivity contribution in [1.82, 2.24) is 10.6 Å². The third kappa shape index (κ3) is 3.60. The van der Waals surface area contributed by atoms with Gasteiger partial charge in [0, 0.05) is 21.9 Å². The first-order chi connectivity index (χ1) is 12.4. The van der Waals surface area contributed by atoms with E-state index in [0.29, 0.717) is 11.3 Å². The highest BCUT2D eigenvalue weighted by atomic mass is 79.9. The molecule has 0 spiro atoms. The van der Waals surface area contributed by atoms with E-state index in [0.717, 1.165) is 16.6 Å². The first-order valence-corrected chi connectivity index (χ1v) is 8.45. The third-order valence-electron chi connectivity index (χ3n) is 3.91. The van der Waals surface area contributed by atoms with Crippen molar-refractivity contribution in [3.8, 4) is 0 Å². The lowest BCUT2D eigenvalue weighted by atomic mass is 9.95. The summed E-state index contributed by atoms with van der Waals surface area (Å²) in [6.07, 6.45) is 0. The molecular weight excluding hydrogens is 408 g/mol. The number of halogens is 3. The largest absolute Gasteiger partial charge is 0.327 e. The fourth-order valence-corrected chi connectivity index (χ4v) is 3.22. The molecule has 1 atom stereocenters. The van der Waals surface area contributed by atoms with Gasteiger partial charge in [-0.15, -0.1) is 0 Å². The van der Waals surface area contributed by atoms with Crippen LogP contribution in [0, 0.1) is 11.6 Å². The maximum atomic E-state index is 13.4. The van der Waals surface area contributed by atoms with Crippen molar-refractivity contribution in [2.45, 2.75) is 13.0 Å². The molecule has 3 amide bonds. The quantitative estimate of drug-likeness (QED) is 0.700. The minimum Gasteiger partial charge on any atom is -0.327 e. The molecule has 2 aromatic rings. The molecule has 0 radical (unpaired) electrons. The molecular formula is C18H14BrF2N3O2. The molecule has 2 aromatic carbocycles. The van der Waals surface area contributed by atoms with E-state index in [9.17, 15) is 18.4 Å². The van der Waals surface area contributed by atoms with Crippen LogP contribution in [0.25, 0.3) is 0 Å². The lowest BCUT2D eigenvalue weighted by molar-refractivity contribution is -0.113. The molecule has 3 N–H and O–H groups in total. The van der Waals surface area contributed by atoms with Crippen LogP contribution in [0.15, 0.2) is 58.2 Å². The zero-order valence-electron chi connectivity index (χ0n) is 13.6. The summed E-state index contributed by atoms with van der Waals surface area (Å²) in [7, 11) is 0. The van der Waals surface area contributed by atoms with Crippen LogP contribution >= 0.6 is 15.9 Å². The van der Waals surface area contributed by atoms with Crippen LogP contribution in [-0.2, 0) is 4.79 Å². The molecule has 5 nitrogen and oxygen atoms in total. The Balaban J connectivity index is 1.97. The summed E-state index contributed by atoms with van der Waals surface area (Å²) >= 11 is 3.42. The molecule has 26 heavy (non-hydrogen) atoms. The topological polar surface area (TPSA) is 70.2 Å². The molecule has 1 unspecified atom stereocenters. The number of anilines is 1. The Morgan fingerprint density at radius 1 is 1.15 bits per heavy atom. The van der Waals surface area contributed by atoms with Crippen molar-refractivity contribution in [3.63, 3.8) is 0 Å².